The van der Waals surface area contributed by atoms with E-state index in [1.807, 2.05) is 25.1 Å². The summed E-state index contributed by atoms with van der Waals surface area (Å²) in [4.78, 5) is 1.75. The van der Waals surface area contributed by atoms with Crippen LogP contribution in [-0.2, 0) is 0 Å². The van der Waals surface area contributed by atoms with Crippen molar-refractivity contribution in [1.82, 2.24) is 0 Å². The van der Waals surface area contributed by atoms with E-state index in [-0.39, 0.29) is 5.82 Å². The Kier molecular flexibility index (Phi) is 3.00. The molecule has 0 bridgehead atoms. The summed E-state index contributed by atoms with van der Waals surface area (Å²) < 4.78 is 13.7. The molecule has 0 heterocycles. The lowest BCUT2D eigenvalue weighted by Crippen LogP contribution is -2.13. The smallest absolute Gasteiger partial charge is 0.146 e. The van der Waals surface area contributed by atoms with Crippen LogP contribution >= 0.6 is 0 Å². The maximum absolute atomic E-state index is 13.7. The molecule has 17 heavy (non-hydrogen) atoms. The molecule has 2 aromatic rings. The zero-order valence-electron chi connectivity index (χ0n) is 9.94. The lowest BCUT2D eigenvalue weighted by molar-refractivity contribution is 0.627. The Balaban J connectivity index is 2.44. The summed E-state index contributed by atoms with van der Waals surface area (Å²) >= 11 is 0. The summed E-state index contributed by atoms with van der Waals surface area (Å²) in [5.74, 6) is -0.255. The normalized spacial score (nSPS) is 10.3. The van der Waals surface area contributed by atoms with E-state index in [1.54, 1.807) is 30.1 Å². The Hall–Kier alpha value is -2.03. The van der Waals surface area contributed by atoms with Gasteiger partial charge in [-0.25, -0.2) is 4.39 Å². The lowest BCUT2D eigenvalue weighted by atomic mass is 10.1. The van der Waals surface area contributed by atoms with Gasteiger partial charge in [0.2, 0.25) is 0 Å². The second kappa shape index (κ2) is 4.45. The fraction of sp³-hybridized carbons (Fsp3) is 0.143. The number of aryl methyl sites for hydroxylation is 1. The van der Waals surface area contributed by atoms with Crippen molar-refractivity contribution in [3.8, 4) is 0 Å². The van der Waals surface area contributed by atoms with Crippen LogP contribution in [0.5, 0.6) is 0 Å². The van der Waals surface area contributed by atoms with Crippen molar-refractivity contribution in [3.63, 3.8) is 0 Å². The first kappa shape index (κ1) is 11.5. The molecule has 0 aliphatic carbocycles. The number of nitrogens with two attached hydrogens (primary N) is 1. The molecule has 0 amide bonds. The predicted octanol–water partition coefficient (Wildman–Crippen LogP) is 3.48. The number of hydrogen-bond acceptors (Lipinski definition) is 2. The number of nitrogens with zero attached hydrogens (tertiary/aromatic N) is 1. The number of nitrogen functional groups attached to an aromatic ring is 1. The molecule has 0 spiro atoms. The van der Waals surface area contributed by atoms with Crippen LogP contribution in [0, 0.1) is 12.7 Å². The molecule has 0 saturated carbocycles. The first-order valence-electron chi connectivity index (χ1n) is 5.44. The minimum Gasteiger partial charge on any atom is -0.397 e. The van der Waals surface area contributed by atoms with Crippen LogP contribution in [-0.4, -0.2) is 7.05 Å². The number of anilines is 3. The SMILES string of the molecule is Cc1ccc(N(C)c2ccccc2F)c(N)c1. The highest BCUT2D eigenvalue weighted by atomic mass is 19.1. The molecule has 0 radical (unpaired) electrons. The van der Waals surface area contributed by atoms with Gasteiger partial charge in [-0.2, -0.15) is 0 Å². The summed E-state index contributed by atoms with van der Waals surface area (Å²) in [6.45, 7) is 1.98. The Labute approximate surface area is 100 Å². The highest BCUT2D eigenvalue weighted by Gasteiger charge is 2.10. The molecule has 3 heteroatoms. The Morgan fingerprint density at radius 2 is 1.76 bits per heavy atom. The van der Waals surface area contributed by atoms with Crippen LogP contribution in [0.2, 0.25) is 0 Å². The van der Waals surface area contributed by atoms with Gasteiger partial charge in [0.15, 0.2) is 0 Å². The van der Waals surface area contributed by atoms with Gasteiger partial charge in [-0.1, -0.05) is 18.2 Å². The van der Waals surface area contributed by atoms with Gasteiger partial charge in [0.25, 0.3) is 0 Å². The molecule has 2 N–H and O–H groups in total. The van der Waals surface area contributed by atoms with E-state index in [4.69, 9.17) is 5.73 Å². The Bertz CT molecular complexity index is 537. The molecular formula is C14H15FN2. The Morgan fingerprint density at radius 1 is 1.06 bits per heavy atom. The highest BCUT2D eigenvalue weighted by molar-refractivity contribution is 5.75. The van der Waals surface area contributed by atoms with Gasteiger partial charge in [-0.05, 0) is 36.8 Å². The molecule has 0 aliphatic rings. The first-order valence-corrected chi connectivity index (χ1v) is 5.44. The van der Waals surface area contributed by atoms with Crippen LogP contribution in [0.15, 0.2) is 42.5 Å². The van der Waals surface area contributed by atoms with Crippen LogP contribution in [0.25, 0.3) is 0 Å². The Morgan fingerprint density at radius 3 is 2.41 bits per heavy atom. The fourth-order valence-corrected chi connectivity index (χ4v) is 1.83. The van der Waals surface area contributed by atoms with E-state index in [9.17, 15) is 4.39 Å². The molecule has 2 aromatic carbocycles. The van der Waals surface area contributed by atoms with Crippen molar-refractivity contribution >= 4 is 17.1 Å². The van der Waals surface area contributed by atoms with Gasteiger partial charge >= 0.3 is 0 Å². The molecule has 0 saturated heterocycles. The van der Waals surface area contributed by atoms with Gasteiger partial charge in [0.1, 0.15) is 5.82 Å². The number of para-hydroxylation sites is 1. The summed E-state index contributed by atoms with van der Waals surface area (Å²) in [7, 11) is 1.80. The van der Waals surface area contributed by atoms with E-state index in [0.29, 0.717) is 11.4 Å². The molecule has 0 aromatic heterocycles. The minimum atomic E-state index is -0.255. The van der Waals surface area contributed by atoms with Crippen molar-refractivity contribution < 1.29 is 4.39 Å². The van der Waals surface area contributed by atoms with Crippen LogP contribution < -0.4 is 10.6 Å². The summed E-state index contributed by atoms with van der Waals surface area (Å²) in [5.41, 5.74) is 9.01. The highest BCUT2D eigenvalue weighted by Crippen LogP contribution is 2.30. The van der Waals surface area contributed by atoms with E-state index >= 15 is 0 Å². The average molecular weight is 230 g/mol. The summed E-state index contributed by atoms with van der Waals surface area (Å²) in [6.07, 6.45) is 0. The monoisotopic (exact) mass is 230 g/mol. The van der Waals surface area contributed by atoms with Gasteiger partial charge in [0, 0.05) is 7.05 Å². The lowest BCUT2D eigenvalue weighted by Gasteiger charge is -2.22. The third-order valence-corrected chi connectivity index (χ3v) is 2.76. The number of benzene rings is 2. The number of rotatable bonds is 2. The number of halogens is 1. The van der Waals surface area contributed by atoms with Crippen LogP contribution in [0.4, 0.5) is 21.5 Å². The van der Waals surface area contributed by atoms with E-state index in [1.165, 1.54) is 6.07 Å². The van der Waals surface area contributed by atoms with Crippen molar-refractivity contribution in [1.29, 1.82) is 0 Å². The third kappa shape index (κ3) is 2.23. The predicted molar refractivity (Wildman–Crippen MR) is 70.1 cm³/mol. The number of hydrogen-bond donors (Lipinski definition) is 1. The molecule has 2 rings (SSSR count). The van der Waals surface area contributed by atoms with E-state index in [0.717, 1.165) is 11.3 Å². The van der Waals surface area contributed by atoms with E-state index in [2.05, 4.69) is 0 Å². The third-order valence-electron chi connectivity index (χ3n) is 2.76. The van der Waals surface area contributed by atoms with Gasteiger partial charge in [0.05, 0.1) is 17.1 Å². The van der Waals surface area contributed by atoms with E-state index < -0.39 is 0 Å². The van der Waals surface area contributed by atoms with Gasteiger partial charge < -0.3 is 10.6 Å². The van der Waals surface area contributed by atoms with Crippen LogP contribution in [0.1, 0.15) is 5.56 Å². The zero-order chi connectivity index (χ0) is 12.4. The molecule has 0 unspecified atom stereocenters. The van der Waals surface area contributed by atoms with Crippen molar-refractivity contribution in [3.05, 3.63) is 53.8 Å². The molecule has 2 nitrogen and oxygen atoms in total. The largest absolute Gasteiger partial charge is 0.397 e. The summed E-state index contributed by atoms with van der Waals surface area (Å²) in [6, 6.07) is 12.4. The summed E-state index contributed by atoms with van der Waals surface area (Å²) in [5, 5.41) is 0. The average Bonchev–Trinajstić information content (AvgIpc) is 2.29. The van der Waals surface area contributed by atoms with Crippen molar-refractivity contribution in [2.75, 3.05) is 17.7 Å². The molecule has 88 valence electrons. The van der Waals surface area contributed by atoms with Gasteiger partial charge in [-0.3, -0.25) is 0 Å². The standard InChI is InChI=1S/C14H15FN2/c1-10-7-8-14(12(16)9-10)17(2)13-6-4-3-5-11(13)15/h3-9H,16H2,1-2H3. The molecule has 0 aliphatic heterocycles. The van der Waals surface area contributed by atoms with Crippen LogP contribution in [0.3, 0.4) is 0 Å². The topological polar surface area (TPSA) is 29.3 Å². The zero-order valence-corrected chi connectivity index (χ0v) is 9.94. The second-order valence-corrected chi connectivity index (χ2v) is 4.07. The van der Waals surface area contributed by atoms with Gasteiger partial charge in [-0.15, -0.1) is 0 Å². The fourth-order valence-electron chi connectivity index (χ4n) is 1.83. The maximum atomic E-state index is 13.7. The van der Waals surface area contributed by atoms with Crippen molar-refractivity contribution in [2.24, 2.45) is 0 Å². The minimum absolute atomic E-state index is 0.255. The molecule has 0 fully saturated rings. The quantitative estimate of drug-likeness (QED) is 0.800. The maximum Gasteiger partial charge on any atom is 0.146 e. The van der Waals surface area contributed by atoms with Crippen molar-refractivity contribution in [2.45, 2.75) is 6.92 Å². The second-order valence-electron chi connectivity index (χ2n) is 4.07. The molecule has 0 atom stereocenters. The first-order chi connectivity index (χ1) is 8.09. The molecular weight excluding hydrogens is 215 g/mol.